The van der Waals surface area contributed by atoms with Crippen molar-refractivity contribution >= 4 is 0 Å². The molecule has 1 unspecified atom stereocenters. The SMILES string of the molecule is CC(Cn1cccn1)n1c(O)c(F)c(=O)[nH]c1=O. The summed E-state index contributed by atoms with van der Waals surface area (Å²) >= 11 is 0. The molecule has 1 atom stereocenters. The van der Waals surface area contributed by atoms with Gasteiger partial charge in [-0.05, 0) is 13.0 Å². The van der Waals surface area contributed by atoms with E-state index in [1.165, 1.54) is 4.68 Å². The van der Waals surface area contributed by atoms with Gasteiger partial charge in [0.2, 0.25) is 11.7 Å². The minimum Gasteiger partial charge on any atom is -0.492 e. The van der Waals surface area contributed by atoms with Gasteiger partial charge in [0, 0.05) is 12.4 Å². The average Bonchev–Trinajstić information content (AvgIpc) is 2.78. The molecule has 0 amide bonds. The molecule has 0 saturated carbocycles. The first-order valence-electron chi connectivity index (χ1n) is 5.21. The average molecular weight is 254 g/mol. The molecule has 0 aliphatic carbocycles. The molecular weight excluding hydrogens is 243 g/mol. The summed E-state index contributed by atoms with van der Waals surface area (Å²) in [7, 11) is 0. The third-order valence-electron chi connectivity index (χ3n) is 2.51. The van der Waals surface area contributed by atoms with Gasteiger partial charge in [0.25, 0.3) is 5.56 Å². The Bertz CT molecular complexity index is 659. The van der Waals surface area contributed by atoms with E-state index in [0.29, 0.717) is 0 Å². The van der Waals surface area contributed by atoms with Crippen LogP contribution in [0, 0.1) is 5.82 Å². The fourth-order valence-electron chi connectivity index (χ4n) is 1.69. The minimum absolute atomic E-state index is 0.256. The first-order valence-corrected chi connectivity index (χ1v) is 5.21. The van der Waals surface area contributed by atoms with Gasteiger partial charge in [0.05, 0.1) is 12.6 Å². The lowest BCUT2D eigenvalue weighted by atomic mass is 10.3. The van der Waals surface area contributed by atoms with Crippen LogP contribution < -0.4 is 11.2 Å². The van der Waals surface area contributed by atoms with E-state index in [1.807, 2.05) is 0 Å². The largest absolute Gasteiger partial charge is 0.492 e. The van der Waals surface area contributed by atoms with E-state index in [0.717, 1.165) is 4.57 Å². The fourth-order valence-corrected chi connectivity index (χ4v) is 1.69. The van der Waals surface area contributed by atoms with E-state index in [1.54, 1.807) is 30.4 Å². The number of nitrogens with one attached hydrogen (secondary N) is 1. The van der Waals surface area contributed by atoms with E-state index in [-0.39, 0.29) is 6.54 Å². The number of aromatic amines is 1. The van der Waals surface area contributed by atoms with Crippen LogP contribution in [0.2, 0.25) is 0 Å². The van der Waals surface area contributed by atoms with Crippen LogP contribution in [-0.2, 0) is 6.54 Å². The molecule has 7 nitrogen and oxygen atoms in total. The highest BCUT2D eigenvalue weighted by Gasteiger charge is 2.18. The molecule has 0 bridgehead atoms. The van der Waals surface area contributed by atoms with Crippen LogP contribution in [0.25, 0.3) is 0 Å². The zero-order chi connectivity index (χ0) is 13.3. The molecule has 96 valence electrons. The van der Waals surface area contributed by atoms with Crippen molar-refractivity contribution in [3.05, 3.63) is 45.1 Å². The second-order valence-electron chi connectivity index (χ2n) is 3.84. The molecule has 0 aliphatic rings. The molecule has 0 radical (unpaired) electrons. The first-order chi connectivity index (χ1) is 8.50. The zero-order valence-corrected chi connectivity index (χ0v) is 9.50. The summed E-state index contributed by atoms with van der Waals surface area (Å²) in [6.45, 7) is 1.85. The Balaban J connectivity index is 2.42. The maximum atomic E-state index is 13.2. The van der Waals surface area contributed by atoms with E-state index in [9.17, 15) is 19.1 Å². The van der Waals surface area contributed by atoms with Crippen molar-refractivity contribution in [3.8, 4) is 5.88 Å². The summed E-state index contributed by atoms with van der Waals surface area (Å²) in [4.78, 5) is 24.3. The van der Waals surface area contributed by atoms with E-state index >= 15 is 0 Å². The standard InChI is InChI=1S/C10H11FN4O3/c1-6(5-14-4-2-3-12-14)15-9(17)7(11)8(16)13-10(15)18/h2-4,6,17H,5H2,1H3,(H,13,16,18). The maximum Gasteiger partial charge on any atom is 0.331 e. The van der Waals surface area contributed by atoms with Crippen molar-refractivity contribution in [2.24, 2.45) is 0 Å². The van der Waals surface area contributed by atoms with Crippen LogP contribution in [0.3, 0.4) is 0 Å². The molecule has 2 N–H and O–H groups in total. The Morgan fingerprint density at radius 1 is 1.56 bits per heavy atom. The van der Waals surface area contributed by atoms with Crippen LogP contribution in [0.5, 0.6) is 5.88 Å². The molecular formula is C10H11FN4O3. The Morgan fingerprint density at radius 2 is 2.28 bits per heavy atom. The molecule has 0 aromatic carbocycles. The highest BCUT2D eigenvalue weighted by atomic mass is 19.1. The molecule has 8 heteroatoms. The van der Waals surface area contributed by atoms with Crippen molar-refractivity contribution in [1.29, 1.82) is 0 Å². The third kappa shape index (κ3) is 2.04. The number of rotatable bonds is 3. The fraction of sp³-hybridized carbons (Fsp3) is 0.300. The molecule has 2 aromatic rings. The number of H-pyrrole nitrogens is 1. The monoisotopic (exact) mass is 254 g/mol. The molecule has 18 heavy (non-hydrogen) atoms. The zero-order valence-electron chi connectivity index (χ0n) is 9.50. The van der Waals surface area contributed by atoms with Crippen LogP contribution >= 0.6 is 0 Å². The second-order valence-corrected chi connectivity index (χ2v) is 3.84. The van der Waals surface area contributed by atoms with Gasteiger partial charge in [-0.25, -0.2) is 4.79 Å². The van der Waals surface area contributed by atoms with Crippen LogP contribution in [-0.4, -0.2) is 24.4 Å². The summed E-state index contributed by atoms with van der Waals surface area (Å²) in [5, 5.41) is 13.4. The molecule has 2 rings (SSSR count). The highest BCUT2D eigenvalue weighted by Crippen LogP contribution is 2.15. The van der Waals surface area contributed by atoms with Gasteiger partial charge in [-0.15, -0.1) is 0 Å². The van der Waals surface area contributed by atoms with E-state index in [2.05, 4.69) is 5.10 Å². The lowest BCUT2D eigenvalue weighted by Gasteiger charge is -2.16. The molecule has 2 aromatic heterocycles. The topological polar surface area (TPSA) is 92.9 Å². The predicted molar refractivity (Wildman–Crippen MR) is 59.9 cm³/mol. The molecule has 0 fully saturated rings. The van der Waals surface area contributed by atoms with Gasteiger partial charge in [-0.2, -0.15) is 9.49 Å². The van der Waals surface area contributed by atoms with Gasteiger partial charge in [-0.3, -0.25) is 19.0 Å². The number of hydrogen-bond acceptors (Lipinski definition) is 4. The molecule has 0 aliphatic heterocycles. The smallest absolute Gasteiger partial charge is 0.331 e. The normalized spacial score (nSPS) is 12.6. The van der Waals surface area contributed by atoms with Crippen LogP contribution in [0.15, 0.2) is 28.0 Å². The molecule has 2 heterocycles. The summed E-state index contributed by atoms with van der Waals surface area (Å²) < 4.78 is 15.5. The summed E-state index contributed by atoms with van der Waals surface area (Å²) in [5.41, 5.74) is -2.10. The summed E-state index contributed by atoms with van der Waals surface area (Å²) in [6, 6.07) is 1.13. The van der Waals surface area contributed by atoms with Crippen molar-refractivity contribution in [2.75, 3.05) is 0 Å². The lowest BCUT2D eigenvalue weighted by molar-refractivity contribution is 0.318. The van der Waals surface area contributed by atoms with Crippen LogP contribution in [0.4, 0.5) is 4.39 Å². The van der Waals surface area contributed by atoms with Crippen molar-refractivity contribution in [3.63, 3.8) is 0 Å². The number of aromatic nitrogens is 4. The Labute approximate surface area is 100 Å². The van der Waals surface area contributed by atoms with Crippen LogP contribution in [0.1, 0.15) is 13.0 Å². The van der Waals surface area contributed by atoms with E-state index in [4.69, 9.17) is 0 Å². The van der Waals surface area contributed by atoms with Gasteiger partial charge in [0.1, 0.15) is 0 Å². The number of hydrogen-bond donors (Lipinski definition) is 2. The van der Waals surface area contributed by atoms with Gasteiger partial charge >= 0.3 is 5.69 Å². The molecule has 0 spiro atoms. The van der Waals surface area contributed by atoms with E-state index < -0.39 is 29.0 Å². The summed E-state index contributed by atoms with van der Waals surface area (Å²) in [6.07, 6.45) is 3.23. The number of nitrogens with zero attached hydrogens (tertiary/aromatic N) is 3. The van der Waals surface area contributed by atoms with Crippen molar-refractivity contribution in [2.45, 2.75) is 19.5 Å². The number of aromatic hydroxyl groups is 1. The Morgan fingerprint density at radius 3 is 2.89 bits per heavy atom. The highest BCUT2D eigenvalue weighted by molar-refractivity contribution is 5.10. The Kier molecular flexibility index (Phi) is 3.00. The minimum atomic E-state index is -1.37. The van der Waals surface area contributed by atoms with Gasteiger partial charge in [-0.1, -0.05) is 0 Å². The second kappa shape index (κ2) is 4.47. The van der Waals surface area contributed by atoms with Gasteiger partial charge < -0.3 is 5.11 Å². The van der Waals surface area contributed by atoms with Gasteiger partial charge in [0.15, 0.2) is 0 Å². The lowest BCUT2D eigenvalue weighted by Crippen LogP contribution is -2.34. The summed E-state index contributed by atoms with van der Waals surface area (Å²) in [5.74, 6) is -2.34. The molecule has 0 saturated heterocycles. The first kappa shape index (κ1) is 12.1. The van der Waals surface area contributed by atoms with Crippen molar-refractivity contribution in [1.82, 2.24) is 19.3 Å². The quantitative estimate of drug-likeness (QED) is 0.795. The predicted octanol–water partition coefficient (Wildman–Crippen LogP) is -0.161. The number of halogens is 1. The Hall–Kier alpha value is -2.38. The maximum absolute atomic E-state index is 13.2. The van der Waals surface area contributed by atoms with Crippen molar-refractivity contribution < 1.29 is 9.50 Å². The third-order valence-corrected chi connectivity index (χ3v) is 2.51.